The van der Waals surface area contributed by atoms with Gasteiger partial charge in [-0.3, -0.25) is 0 Å². The number of rotatable bonds is 0. The Balaban J connectivity index is 2.64. The van der Waals surface area contributed by atoms with Crippen molar-refractivity contribution in [3.05, 3.63) is 23.3 Å². The lowest BCUT2D eigenvalue weighted by Gasteiger charge is -1.97. The van der Waals surface area contributed by atoms with Crippen LogP contribution in [0.1, 0.15) is 11.1 Å². The maximum atomic E-state index is 8.70. The van der Waals surface area contributed by atoms with Crippen molar-refractivity contribution in [3.8, 4) is 6.07 Å². The van der Waals surface area contributed by atoms with Crippen LogP contribution < -0.4 is 5.43 Å². The summed E-state index contributed by atoms with van der Waals surface area (Å²) in [5.41, 5.74) is 6.74. The van der Waals surface area contributed by atoms with Crippen LogP contribution in [-0.4, -0.2) is 0 Å². The van der Waals surface area contributed by atoms with Gasteiger partial charge in [0.25, 0.3) is 0 Å². The van der Waals surface area contributed by atoms with Gasteiger partial charge in [0, 0.05) is 0 Å². The first-order valence-corrected chi connectivity index (χ1v) is 3.48. The van der Waals surface area contributed by atoms with E-state index in [1.807, 2.05) is 13.0 Å². The van der Waals surface area contributed by atoms with E-state index in [0.717, 1.165) is 11.3 Å². The molecule has 0 N–H and O–H groups in total. The van der Waals surface area contributed by atoms with E-state index in [4.69, 9.17) is 5.26 Å². The number of hydrogen-bond acceptors (Lipinski definition) is 3. The Bertz CT molecular complexity index is 400. The lowest BCUT2D eigenvalue weighted by molar-refractivity contribution is 0.922. The zero-order valence-corrected chi connectivity index (χ0v) is 6.44. The second kappa shape index (κ2) is 2.31. The molecule has 2 rings (SSSR count). The van der Waals surface area contributed by atoms with Crippen LogP contribution >= 0.6 is 0 Å². The van der Waals surface area contributed by atoms with Crippen molar-refractivity contribution in [3.63, 3.8) is 0 Å². The summed E-state index contributed by atoms with van der Waals surface area (Å²) < 4.78 is 0. The molecule has 0 amide bonds. The van der Waals surface area contributed by atoms with E-state index >= 15 is 0 Å². The van der Waals surface area contributed by atoms with Crippen LogP contribution in [0.5, 0.6) is 0 Å². The molecule has 0 bridgehead atoms. The molecule has 0 fully saturated rings. The van der Waals surface area contributed by atoms with Gasteiger partial charge in [-0.15, -0.1) is 10.5 Å². The highest BCUT2D eigenvalue weighted by Gasteiger charge is 2.11. The summed E-state index contributed by atoms with van der Waals surface area (Å²) in [6, 6.07) is 5.59. The third-order valence-electron chi connectivity index (χ3n) is 1.75. The summed E-state index contributed by atoms with van der Waals surface area (Å²) in [4.78, 5) is 0. The molecule has 0 aromatic heterocycles. The molecule has 1 aliphatic rings. The van der Waals surface area contributed by atoms with Crippen molar-refractivity contribution < 1.29 is 0 Å². The molecule has 0 aliphatic carbocycles. The molecule has 1 radical (unpaired) electrons. The van der Waals surface area contributed by atoms with E-state index in [1.54, 1.807) is 6.07 Å². The normalized spacial score (nSPS) is 12.0. The topological polar surface area (TPSA) is 62.6 Å². The van der Waals surface area contributed by atoms with Gasteiger partial charge in [-0.1, -0.05) is 0 Å². The van der Waals surface area contributed by atoms with Gasteiger partial charge >= 0.3 is 0 Å². The average Bonchev–Trinajstić information content (AvgIpc) is 2.49. The number of nitriles is 1. The molecule has 12 heavy (non-hydrogen) atoms. The van der Waals surface area contributed by atoms with Crippen molar-refractivity contribution in [2.45, 2.75) is 6.92 Å². The minimum absolute atomic E-state index is 0.629. The molecular weight excluding hydrogens is 152 g/mol. The molecule has 1 aromatic carbocycles. The highest BCUT2D eigenvalue weighted by molar-refractivity contribution is 5.66. The summed E-state index contributed by atoms with van der Waals surface area (Å²) in [6.07, 6.45) is 0. The minimum atomic E-state index is 0.629. The predicted octanol–water partition coefficient (Wildman–Crippen LogP) is 2.11. The first-order valence-electron chi connectivity index (χ1n) is 3.48. The average molecular weight is 157 g/mol. The minimum Gasteiger partial charge on any atom is -0.192 e. The van der Waals surface area contributed by atoms with Crippen LogP contribution in [0.3, 0.4) is 0 Å². The van der Waals surface area contributed by atoms with Crippen LogP contribution in [0.2, 0.25) is 0 Å². The molecule has 0 spiro atoms. The van der Waals surface area contributed by atoms with Gasteiger partial charge in [0.05, 0.1) is 11.6 Å². The monoisotopic (exact) mass is 157 g/mol. The van der Waals surface area contributed by atoms with Crippen LogP contribution in [0.4, 0.5) is 11.4 Å². The van der Waals surface area contributed by atoms with E-state index in [1.165, 1.54) is 0 Å². The Morgan fingerprint density at radius 2 is 2.17 bits per heavy atom. The molecular formula is C8H5N4. The van der Waals surface area contributed by atoms with Gasteiger partial charge in [-0.2, -0.15) is 5.26 Å². The fourth-order valence-electron chi connectivity index (χ4n) is 1.08. The fraction of sp³-hybridized carbons (Fsp3) is 0.125. The molecule has 0 saturated carbocycles. The van der Waals surface area contributed by atoms with Gasteiger partial charge in [0.15, 0.2) is 0 Å². The lowest BCUT2D eigenvalue weighted by Crippen LogP contribution is -1.84. The second-order valence-electron chi connectivity index (χ2n) is 2.56. The van der Waals surface area contributed by atoms with Crippen molar-refractivity contribution in [2.24, 2.45) is 10.3 Å². The number of aryl methyl sites for hydroxylation is 1. The van der Waals surface area contributed by atoms with Gasteiger partial charge in [-0.05, 0) is 29.8 Å². The molecule has 1 aromatic rings. The maximum Gasteiger partial charge on any atom is 0.116 e. The van der Waals surface area contributed by atoms with E-state index < -0.39 is 0 Å². The second-order valence-corrected chi connectivity index (χ2v) is 2.56. The molecule has 0 atom stereocenters. The summed E-state index contributed by atoms with van der Waals surface area (Å²) >= 11 is 0. The summed E-state index contributed by atoms with van der Waals surface area (Å²) in [7, 11) is 0. The smallest absolute Gasteiger partial charge is 0.116 e. The highest BCUT2D eigenvalue weighted by Crippen LogP contribution is 2.32. The molecule has 0 unspecified atom stereocenters. The third kappa shape index (κ3) is 0.839. The molecule has 57 valence electrons. The highest BCUT2D eigenvalue weighted by atomic mass is 15.5. The Morgan fingerprint density at radius 3 is 2.92 bits per heavy atom. The molecule has 0 saturated heterocycles. The van der Waals surface area contributed by atoms with Gasteiger partial charge in [0.1, 0.15) is 11.4 Å². The number of benzene rings is 1. The van der Waals surface area contributed by atoms with Gasteiger partial charge in [0.2, 0.25) is 0 Å². The van der Waals surface area contributed by atoms with Crippen molar-refractivity contribution >= 4 is 11.4 Å². The van der Waals surface area contributed by atoms with Gasteiger partial charge < -0.3 is 0 Å². The van der Waals surface area contributed by atoms with E-state index in [0.29, 0.717) is 11.3 Å². The molecule has 1 aliphatic heterocycles. The van der Waals surface area contributed by atoms with Crippen LogP contribution in [-0.2, 0) is 0 Å². The third-order valence-corrected chi connectivity index (χ3v) is 1.75. The zero-order valence-electron chi connectivity index (χ0n) is 6.44. The SMILES string of the molecule is Cc1cc2c(cc1C#N)N=N[N]2. The van der Waals surface area contributed by atoms with E-state index in [9.17, 15) is 0 Å². The molecule has 4 heteroatoms. The van der Waals surface area contributed by atoms with E-state index in [-0.39, 0.29) is 0 Å². The number of nitrogens with zero attached hydrogens (tertiary/aromatic N) is 4. The summed E-state index contributed by atoms with van der Waals surface area (Å²) in [6.45, 7) is 1.87. The van der Waals surface area contributed by atoms with Crippen LogP contribution in [0.15, 0.2) is 22.5 Å². The maximum absolute atomic E-state index is 8.70. The largest absolute Gasteiger partial charge is 0.192 e. The first kappa shape index (κ1) is 6.80. The number of hydrogen-bond donors (Lipinski definition) is 0. The summed E-state index contributed by atoms with van der Waals surface area (Å²) in [5.74, 6) is 0. The standard InChI is InChI=1S/C8H5N4/c1-5-2-7-8(11-12-10-7)3-6(5)4-9/h2-3H,1H3. The van der Waals surface area contributed by atoms with Crippen molar-refractivity contribution in [1.82, 2.24) is 5.43 Å². The fourth-order valence-corrected chi connectivity index (χ4v) is 1.08. The first-order chi connectivity index (χ1) is 5.81. The van der Waals surface area contributed by atoms with Crippen LogP contribution in [0.25, 0.3) is 0 Å². The Hall–Kier alpha value is -1.89. The Labute approximate surface area is 69.5 Å². The van der Waals surface area contributed by atoms with E-state index in [2.05, 4.69) is 21.8 Å². The number of fused-ring (bicyclic) bond motifs is 1. The summed E-state index contributed by atoms with van der Waals surface area (Å²) in [5, 5.41) is 16.0. The molecule has 4 nitrogen and oxygen atoms in total. The molecule has 1 heterocycles. The van der Waals surface area contributed by atoms with Crippen molar-refractivity contribution in [2.75, 3.05) is 0 Å². The lowest BCUT2D eigenvalue weighted by atomic mass is 10.1. The van der Waals surface area contributed by atoms with Crippen molar-refractivity contribution in [1.29, 1.82) is 5.26 Å². The van der Waals surface area contributed by atoms with Crippen LogP contribution in [0, 0.1) is 18.3 Å². The zero-order chi connectivity index (χ0) is 8.55. The van der Waals surface area contributed by atoms with Gasteiger partial charge in [-0.25, -0.2) is 0 Å². The predicted molar refractivity (Wildman–Crippen MR) is 42.2 cm³/mol. The Kier molecular flexibility index (Phi) is 1.31. The Morgan fingerprint density at radius 1 is 1.33 bits per heavy atom. The quantitative estimate of drug-likeness (QED) is 0.568.